The third-order valence-corrected chi connectivity index (χ3v) is 4.98. The fraction of sp³-hybridized carbons (Fsp3) is 0.471. The van der Waals surface area contributed by atoms with Crippen LogP contribution < -0.4 is 10.6 Å². The van der Waals surface area contributed by atoms with Crippen LogP contribution in [0.4, 0.5) is 11.4 Å². The molecule has 2 aliphatic rings. The summed E-state index contributed by atoms with van der Waals surface area (Å²) in [5, 5.41) is 14.9. The number of amides is 2. The molecule has 0 aromatic heterocycles. The Morgan fingerprint density at radius 2 is 1.48 bits per heavy atom. The van der Waals surface area contributed by atoms with Crippen molar-refractivity contribution in [2.24, 2.45) is 23.7 Å². The Kier molecular flexibility index (Phi) is 4.07. The lowest BCUT2D eigenvalue weighted by Gasteiger charge is -2.27. The van der Waals surface area contributed by atoms with Gasteiger partial charge in [-0.25, -0.2) is 0 Å². The molecule has 0 aliphatic heterocycles. The van der Waals surface area contributed by atoms with Crippen molar-refractivity contribution in [2.45, 2.75) is 26.2 Å². The molecular formula is C17H20N2O4. The van der Waals surface area contributed by atoms with Crippen molar-refractivity contribution in [1.82, 2.24) is 0 Å². The molecule has 4 atom stereocenters. The molecule has 2 saturated carbocycles. The Labute approximate surface area is 134 Å². The zero-order valence-electron chi connectivity index (χ0n) is 12.9. The first-order valence-electron chi connectivity index (χ1n) is 7.87. The summed E-state index contributed by atoms with van der Waals surface area (Å²) in [7, 11) is 0. The van der Waals surface area contributed by atoms with E-state index in [4.69, 9.17) is 0 Å². The molecule has 6 heteroatoms. The molecule has 0 heterocycles. The SMILES string of the molecule is CC(=O)Nc1ccc(NC(=O)[C@@H]2[C@H]3CC[C@@H](C3)[C@H]2C(=O)O)cc1. The minimum absolute atomic E-state index is 0.135. The van der Waals surface area contributed by atoms with Gasteiger partial charge in [-0.05, 0) is 55.4 Å². The molecule has 0 spiro atoms. The zero-order valence-corrected chi connectivity index (χ0v) is 12.9. The number of aliphatic carboxylic acids is 1. The van der Waals surface area contributed by atoms with Gasteiger partial charge in [0.2, 0.25) is 11.8 Å². The van der Waals surface area contributed by atoms with E-state index in [2.05, 4.69) is 10.6 Å². The Bertz CT molecular complexity index is 640. The Balaban J connectivity index is 1.69. The lowest BCUT2D eigenvalue weighted by Crippen LogP contribution is -2.37. The van der Waals surface area contributed by atoms with Crippen molar-refractivity contribution < 1.29 is 19.5 Å². The molecule has 6 nitrogen and oxygen atoms in total. The average Bonchev–Trinajstić information content (AvgIpc) is 3.09. The normalized spacial score (nSPS) is 28.4. The van der Waals surface area contributed by atoms with E-state index in [1.54, 1.807) is 24.3 Å². The van der Waals surface area contributed by atoms with Crippen molar-refractivity contribution in [1.29, 1.82) is 0 Å². The van der Waals surface area contributed by atoms with E-state index in [1.807, 2.05) is 0 Å². The number of hydrogen-bond donors (Lipinski definition) is 3. The van der Waals surface area contributed by atoms with Crippen molar-refractivity contribution in [3.63, 3.8) is 0 Å². The van der Waals surface area contributed by atoms with Crippen molar-refractivity contribution in [2.75, 3.05) is 10.6 Å². The number of carboxylic acid groups (broad SMARTS) is 1. The lowest BCUT2D eigenvalue weighted by molar-refractivity contribution is -0.148. The molecular weight excluding hydrogens is 296 g/mol. The molecule has 122 valence electrons. The van der Waals surface area contributed by atoms with E-state index < -0.39 is 17.8 Å². The monoisotopic (exact) mass is 316 g/mol. The average molecular weight is 316 g/mol. The van der Waals surface area contributed by atoms with Crippen molar-refractivity contribution in [3.05, 3.63) is 24.3 Å². The van der Waals surface area contributed by atoms with Gasteiger partial charge in [-0.3, -0.25) is 14.4 Å². The molecule has 3 rings (SSSR count). The number of carboxylic acids is 1. The van der Waals surface area contributed by atoms with Gasteiger partial charge in [0.25, 0.3) is 0 Å². The summed E-state index contributed by atoms with van der Waals surface area (Å²) in [4.78, 5) is 35.0. The molecule has 0 radical (unpaired) electrons. The van der Waals surface area contributed by atoms with E-state index in [1.165, 1.54) is 6.92 Å². The molecule has 3 N–H and O–H groups in total. The fourth-order valence-corrected chi connectivity index (χ4v) is 4.09. The van der Waals surface area contributed by atoms with Gasteiger partial charge < -0.3 is 15.7 Å². The molecule has 1 aromatic rings. The quantitative estimate of drug-likeness (QED) is 0.794. The summed E-state index contributed by atoms with van der Waals surface area (Å²) in [5.74, 6) is -1.92. The summed E-state index contributed by atoms with van der Waals surface area (Å²) >= 11 is 0. The second-order valence-corrected chi connectivity index (χ2v) is 6.47. The third-order valence-electron chi connectivity index (χ3n) is 4.98. The summed E-state index contributed by atoms with van der Waals surface area (Å²) in [6.45, 7) is 1.43. The highest BCUT2D eigenvalue weighted by molar-refractivity contribution is 5.96. The number of carbonyl (C=O) groups is 3. The standard InChI is InChI=1S/C17H20N2O4/c1-9(20)18-12-4-6-13(7-5-12)19-16(21)14-10-2-3-11(8-10)15(14)17(22)23/h4-7,10-11,14-15H,2-3,8H2,1H3,(H,18,20)(H,19,21)(H,22,23)/t10-,11-,14+,15+/m0/s1. The summed E-state index contributed by atoms with van der Waals surface area (Å²) in [6, 6.07) is 6.80. The van der Waals surface area contributed by atoms with Gasteiger partial charge in [-0.15, -0.1) is 0 Å². The highest BCUT2D eigenvalue weighted by Crippen LogP contribution is 2.52. The summed E-state index contributed by atoms with van der Waals surface area (Å²) in [6.07, 6.45) is 2.70. The summed E-state index contributed by atoms with van der Waals surface area (Å²) in [5.41, 5.74) is 1.26. The van der Waals surface area contributed by atoms with Crippen LogP contribution in [-0.4, -0.2) is 22.9 Å². The van der Waals surface area contributed by atoms with Gasteiger partial charge in [0.1, 0.15) is 0 Å². The number of anilines is 2. The second kappa shape index (κ2) is 6.02. The number of nitrogens with one attached hydrogen (secondary N) is 2. The number of carbonyl (C=O) groups excluding carboxylic acids is 2. The number of fused-ring (bicyclic) bond motifs is 2. The zero-order chi connectivity index (χ0) is 16.6. The first-order valence-corrected chi connectivity index (χ1v) is 7.87. The minimum Gasteiger partial charge on any atom is -0.481 e. The molecule has 0 saturated heterocycles. The van der Waals surface area contributed by atoms with E-state index in [-0.39, 0.29) is 23.7 Å². The van der Waals surface area contributed by atoms with Crippen LogP contribution in [0.25, 0.3) is 0 Å². The molecule has 2 amide bonds. The highest BCUT2D eigenvalue weighted by atomic mass is 16.4. The van der Waals surface area contributed by atoms with Crippen LogP contribution in [0.2, 0.25) is 0 Å². The largest absolute Gasteiger partial charge is 0.481 e. The molecule has 2 bridgehead atoms. The highest BCUT2D eigenvalue weighted by Gasteiger charge is 2.53. The first-order chi connectivity index (χ1) is 11.0. The fourth-order valence-electron chi connectivity index (χ4n) is 4.09. The van der Waals surface area contributed by atoms with Crippen LogP contribution in [-0.2, 0) is 14.4 Å². The van der Waals surface area contributed by atoms with Gasteiger partial charge in [0.15, 0.2) is 0 Å². The van der Waals surface area contributed by atoms with E-state index >= 15 is 0 Å². The molecule has 1 aromatic carbocycles. The van der Waals surface area contributed by atoms with E-state index in [0.717, 1.165) is 19.3 Å². The second-order valence-electron chi connectivity index (χ2n) is 6.47. The van der Waals surface area contributed by atoms with Crippen LogP contribution >= 0.6 is 0 Å². The Morgan fingerprint density at radius 1 is 0.957 bits per heavy atom. The van der Waals surface area contributed by atoms with Gasteiger partial charge in [0.05, 0.1) is 11.8 Å². The minimum atomic E-state index is -0.863. The van der Waals surface area contributed by atoms with Crippen molar-refractivity contribution in [3.8, 4) is 0 Å². The van der Waals surface area contributed by atoms with Crippen LogP contribution in [0.1, 0.15) is 26.2 Å². The molecule has 0 unspecified atom stereocenters. The van der Waals surface area contributed by atoms with E-state index in [9.17, 15) is 19.5 Å². The smallest absolute Gasteiger partial charge is 0.307 e. The number of benzene rings is 1. The predicted octanol–water partition coefficient (Wildman–Crippen LogP) is 2.33. The molecule has 2 aliphatic carbocycles. The van der Waals surface area contributed by atoms with Gasteiger partial charge in [-0.1, -0.05) is 0 Å². The van der Waals surface area contributed by atoms with Crippen LogP contribution in [0, 0.1) is 23.7 Å². The number of hydrogen-bond acceptors (Lipinski definition) is 3. The van der Waals surface area contributed by atoms with E-state index in [0.29, 0.717) is 11.4 Å². The molecule has 23 heavy (non-hydrogen) atoms. The van der Waals surface area contributed by atoms with Crippen LogP contribution in [0.15, 0.2) is 24.3 Å². The molecule has 2 fully saturated rings. The van der Waals surface area contributed by atoms with Crippen LogP contribution in [0.3, 0.4) is 0 Å². The maximum absolute atomic E-state index is 12.5. The number of rotatable bonds is 4. The third kappa shape index (κ3) is 3.06. The Hall–Kier alpha value is -2.37. The maximum Gasteiger partial charge on any atom is 0.307 e. The van der Waals surface area contributed by atoms with Crippen molar-refractivity contribution >= 4 is 29.2 Å². The van der Waals surface area contributed by atoms with Crippen LogP contribution in [0.5, 0.6) is 0 Å². The maximum atomic E-state index is 12.5. The summed E-state index contributed by atoms with van der Waals surface area (Å²) < 4.78 is 0. The topological polar surface area (TPSA) is 95.5 Å². The van der Waals surface area contributed by atoms with Gasteiger partial charge >= 0.3 is 5.97 Å². The predicted molar refractivity (Wildman–Crippen MR) is 84.8 cm³/mol. The van der Waals surface area contributed by atoms with Gasteiger partial charge in [0, 0.05) is 18.3 Å². The Morgan fingerprint density at radius 3 is 2.00 bits per heavy atom. The van der Waals surface area contributed by atoms with Gasteiger partial charge in [-0.2, -0.15) is 0 Å². The first kappa shape index (κ1) is 15.5. The lowest BCUT2D eigenvalue weighted by atomic mass is 9.78.